The van der Waals surface area contributed by atoms with Crippen molar-refractivity contribution in [2.75, 3.05) is 6.61 Å². The maximum atomic E-state index is 5.03. The third kappa shape index (κ3) is 2.03. The molecular weight excluding hydrogens is 172 g/mol. The molecule has 1 heterocycles. The van der Waals surface area contributed by atoms with Gasteiger partial charge in [-0.05, 0) is 6.92 Å². The van der Waals surface area contributed by atoms with E-state index in [1.165, 1.54) is 0 Å². The van der Waals surface area contributed by atoms with Crippen LogP contribution in [0.4, 0.5) is 0 Å². The molecule has 1 aromatic rings. The van der Waals surface area contributed by atoms with Gasteiger partial charge in [0.25, 0.3) is 0 Å². The molecule has 0 saturated carbocycles. The van der Waals surface area contributed by atoms with Gasteiger partial charge in [0.05, 0.1) is 17.3 Å². The smallest absolute Gasteiger partial charge is 0.0897 e. The Morgan fingerprint density at radius 3 is 2.75 bits per heavy atom. The SMILES string of the molecule is Cc1nc(C(C)(C)CON)cs1. The fraction of sp³-hybridized carbons (Fsp3) is 0.625. The molecule has 68 valence electrons. The summed E-state index contributed by atoms with van der Waals surface area (Å²) in [4.78, 5) is 9.02. The van der Waals surface area contributed by atoms with Crippen LogP contribution in [-0.2, 0) is 10.3 Å². The lowest BCUT2D eigenvalue weighted by molar-refractivity contribution is 0.0951. The van der Waals surface area contributed by atoms with E-state index in [2.05, 4.69) is 23.7 Å². The summed E-state index contributed by atoms with van der Waals surface area (Å²) in [5, 5.41) is 3.13. The summed E-state index contributed by atoms with van der Waals surface area (Å²) < 4.78 is 0. The van der Waals surface area contributed by atoms with Gasteiger partial charge in [0.1, 0.15) is 0 Å². The van der Waals surface area contributed by atoms with Crippen molar-refractivity contribution in [1.82, 2.24) is 4.98 Å². The van der Waals surface area contributed by atoms with Gasteiger partial charge in [-0.3, -0.25) is 0 Å². The van der Waals surface area contributed by atoms with Crippen molar-refractivity contribution in [3.8, 4) is 0 Å². The Kier molecular flexibility index (Phi) is 2.82. The Balaban J connectivity index is 2.81. The highest BCUT2D eigenvalue weighted by Gasteiger charge is 2.23. The maximum absolute atomic E-state index is 5.03. The lowest BCUT2D eigenvalue weighted by atomic mass is 9.91. The van der Waals surface area contributed by atoms with E-state index in [9.17, 15) is 0 Å². The maximum Gasteiger partial charge on any atom is 0.0897 e. The summed E-state index contributed by atoms with van der Waals surface area (Å²) in [7, 11) is 0. The van der Waals surface area contributed by atoms with Gasteiger partial charge < -0.3 is 4.84 Å². The molecule has 0 amide bonds. The third-order valence-corrected chi connectivity index (χ3v) is 2.53. The van der Waals surface area contributed by atoms with Crippen LogP contribution in [0.15, 0.2) is 5.38 Å². The molecule has 0 aliphatic rings. The van der Waals surface area contributed by atoms with Crippen LogP contribution in [0.2, 0.25) is 0 Å². The number of nitrogens with zero attached hydrogens (tertiary/aromatic N) is 1. The second-order valence-corrected chi connectivity index (χ2v) is 4.51. The normalized spacial score (nSPS) is 12.0. The first kappa shape index (κ1) is 9.64. The van der Waals surface area contributed by atoms with E-state index in [0.717, 1.165) is 10.7 Å². The Morgan fingerprint density at radius 2 is 2.33 bits per heavy atom. The quantitative estimate of drug-likeness (QED) is 0.730. The third-order valence-electron chi connectivity index (χ3n) is 1.76. The molecule has 3 nitrogen and oxygen atoms in total. The number of aryl methyl sites for hydroxylation is 1. The van der Waals surface area contributed by atoms with E-state index >= 15 is 0 Å². The predicted octanol–water partition coefficient (Wildman–Crippen LogP) is 1.62. The minimum absolute atomic E-state index is 0.0838. The molecule has 2 N–H and O–H groups in total. The van der Waals surface area contributed by atoms with Crippen LogP contribution >= 0.6 is 11.3 Å². The molecule has 0 fully saturated rings. The fourth-order valence-electron chi connectivity index (χ4n) is 0.957. The Bertz CT molecular complexity index is 257. The van der Waals surface area contributed by atoms with Gasteiger partial charge in [-0.1, -0.05) is 13.8 Å². The molecule has 0 aliphatic heterocycles. The zero-order chi connectivity index (χ0) is 9.19. The van der Waals surface area contributed by atoms with Crippen molar-refractivity contribution in [1.29, 1.82) is 0 Å². The lowest BCUT2D eigenvalue weighted by Gasteiger charge is -2.20. The topological polar surface area (TPSA) is 48.1 Å². The fourth-order valence-corrected chi connectivity index (χ4v) is 1.76. The molecule has 0 bridgehead atoms. The average molecular weight is 186 g/mol. The first-order valence-corrected chi connectivity index (χ1v) is 4.68. The van der Waals surface area contributed by atoms with Crippen LogP contribution in [0.1, 0.15) is 24.5 Å². The number of hydrogen-bond acceptors (Lipinski definition) is 4. The van der Waals surface area contributed by atoms with Gasteiger partial charge >= 0.3 is 0 Å². The molecule has 4 heteroatoms. The average Bonchev–Trinajstić information content (AvgIpc) is 2.36. The van der Waals surface area contributed by atoms with Crippen molar-refractivity contribution >= 4 is 11.3 Å². The van der Waals surface area contributed by atoms with Gasteiger partial charge in [0.15, 0.2) is 0 Å². The zero-order valence-electron chi connectivity index (χ0n) is 7.63. The summed E-state index contributed by atoms with van der Waals surface area (Å²) >= 11 is 1.65. The van der Waals surface area contributed by atoms with Crippen molar-refractivity contribution in [3.05, 3.63) is 16.1 Å². The van der Waals surface area contributed by atoms with E-state index in [4.69, 9.17) is 5.90 Å². The highest BCUT2D eigenvalue weighted by molar-refractivity contribution is 7.09. The summed E-state index contributed by atoms with van der Waals surface area (Å²) in [6.45, 7) is 6.62. The first-order chi connectivity index (χ1) is 5.56. The van der Waals surface area contributed by atoms with E-state index in [1.54, 1.807) is 11.3 Å². The van der Waals surface area contributed by atoms with Crippen molar-refractivity contribution in [2.24, 2.45) is 5.90 Å². The second-order valence-electron chi connectivity index (χ2n) is 3.45. The number of rotatable bonds is 3. The number of hydrogen-bond donors (Lipinski definition) is 1. The number of aromatic nitrogens is 1. The summed E-state index contributed by atoms with van der Waals surface area (Å²) in [6.07, 6.45) is 0. The second kappa shape index (κ2) is 3.51. The van der Waals surface area contributed by atoms with E-state index in [0.29, 0.717) is 6.61 Å². The van der Waals surface area contributed by atoms with Crippen LogP contribution in [0.25, 0.3) is 0 Å². The molecule has 0 aliphatic carbocycles. The van der Waals surface area contributed by atoms with Gasteiger partial charge in [-0.2, -0.15) is 0 Å². The first-order valence-electron chi connectivity index (χ1n) is 3.80. The highest BCUT2D eigenvalue weighted by Crippen LogP contribution is 2.24. The van der Waals surface area contributed by atoms with Crippen molar-refractivity contribution in [2.45, 2.75) is 26.2 Å². The highest BCUT2D eigenvalue weighted by atomic mass is 32.1. The Hall–Kier alpha value is -0.450. The zero-order valence-corrected chi connectivity index (χ0v) is 8.44. The summed E-state index contributed by atoms with van der Waals surface area (Å²) in [6, 6.07) is 0. The van der Waals surface area contributed by atoms with Gasteiger partial charge in [-0.15, -0.1) is 11.3 Å². The molecule has 0 radical (unpaired) electrons. The molecular formula is C8H14N2OS. The van der Waals surface area contributed by atoms with Crippen LogP contribution in [0, 0.1) is 6.92 Å². The minimum Gasteiger partial charge on any atom is -0.304 e. The van der Waals surface area contributed by atoms with Gasteiger partial charge in [-0.25, -0.2) is 10.9 Å². The standard InChI is InChI=1S/C8H14N2OS/c1-6-10-7(4-12-6)8(2,3)5-11-9/h4H,5,9H2,1-3H3. The Morgan fingerprint density at radius 1 is 1.67 bits per heavy atom. The number of thiazole rings is 1. The summed E-state index contributed by atoms with van der Waals surface area (Å²) in [5.74, 6) is 5.03. The van der Waals surface area contributed by atoms with Crippen molar-refractivity contribution < 1.29 is 4.84 Å². The molecule has 0 aromatic carbocycles. The molecule has 0 unspecified atom stereocenters. The molecule has 0 spiro atoms. The van der Waals surface area contributed by atoms with Crippen LogP contribution in [0.5, 0.6) is 0 Å². The van der Waals surface area contributed by atoms with Gasteiger partial charge in [0, 0.05) is 10.8 Å². The monoisotopic (exact) mass is 186 g/mol. The largest absolute Gasteiger partial charge is 0.304 e. The molecule has 0 atom stereocenters. The van der Waals surface area contributed by atoms with Gasteiger partial charge in [0.2, 0.25) is 0 Å². The van der Waals surface area contributed by atoms with Crippen LogP contribution in [0.3, 0.4) is 0 Å². The lowest BCUT2D eigenvalue weighted by Crippen LogP contribution is -2.26. The predicted molar refractivity (Wildman–Crippen MR) is 50.0 cm³/mol. The Labute approximate surface area is 76.5 Å². The summed E-state index contributed by atoms with van der Waals surface area (Å²) in [5.41, 5.74) is 0.968. The minimum atomic E-state index is -0.0838. The molecule has 0 saturated heterocycles. The molecule has 12 heavy (non-hydrogen) atoms. The van der Waals surface area contributed by atoms with E-state index < -0.39 is 0 Å². The van der Waals surface area contributed by atoms with E-state index in [-0.39, 0.29) is 5.41 Å². The van der Waals surface area contributed by atoms with E-state index in [1.807, 2.05) is 12.3 Å². The molecule has 1 rings (SSSR count). The molecule has 1 aromatic heterocycles. The van der Waals surface area contributed by atoms with Crippen LogP contribution in [-0.4, -0.2) is 11.6 Å². The van der Waals surface area contributed by atoms with Crippen molar-refractivity contribution in [3.63, 3.8) is 0 Å². The van der Waals surface area contributed by atoms with Crippen LogP contribution < -0.4 is 5.90 Å². The number of nitrogens with two attached hydrogens (primary N) is 1.